The molecule has 20 heavy (non-hydrogen) atoms. The highest BCUT2D eigenvalue weighted by Crippen LogP contribution is 2.17. The van der Waals surface area contributed by atoms with Crippen LogP contribution in [0.25, 0.3) is 0 Å². The van der Waals surface area contributed by atoms with Gasteiger partial charge in [0, 0.05) is 25.3 Å². The molecule has 4 heteroatoms. The largest absolute Gasteiger partial charge is 0.369 e. The molecule has 0 aliphatic carbocycles. The van der Waals surface area contributed by atoms with Crippen molar-refractivity contribution < 1.29 is 4.79 Å². The van der Waals surface area contributed by atoms with Crippen LogP contribution >= 0.6 is 0 Å². The molecule has 1 aromatic heterocycles. The van der Waals surface area contributed by atoms with Crippen LogP contribution in [0.1, 0.15) is 51.4 Å². The van der Waals surface area contributed by atoms with Gasteiger partial charge in [0.1, 0.15) is 5.82 Å². The fraction of sp³-hybridized carbons (Fsp3) is 0.625. The predicted molar refractivity (Wildman–Crippen MR) is 84.0 cm³/mol. The van der Waals surface area contributed by atoms with E-state index in [9.17, 15) is 4.79 Å². The number of nitrogens with one attached hydrogen (secondary N) is 1. The first-order chi connectivity index (χ1) is 9.47. The van der Waals surface area contributed by atoms with Crippen LogP contribution in [0.3, 0.4) is 0 Å². The third-order valence-corrected chi connectivity index (χ3v) is 3.03. The van der Waals surface area contributed by atoms with Gasteiger partial charge in [-0.15, -0.1) is 0 Å². The second-order valence-electron chi connectivity index (χ2n) is 5.77. The monoisotopic (exact) mass is 277 g/mol. The SMILES string of the molecule is CCCNc1ncccc1C(=O)N(CC(C)C)C(C)C. The number of rotatable bonds is 7. The molecule has 0 unspecified atom stereocenters. The molecule has 4 nitrogen and oxygen atoms in total. The summed E-state index contributed by atoms with van der Waals surface area (Å²) >= 11 is 0. The van der Waals surface area contributed by atoms with Crippen molar-refractivity contribution in [1.82, 2.24) is 9.88 Å². The lowest BCUT2D eigenvalue weighted by Crippen LogP contribution is -2.39. The van der Waals surface area contributed by atoms with Crippen LogP contribution in [-0.4, -0.2) is 34.9 Å². The third-order valence-electron chi connectivity index (χ3n) is 3.03. The summed E-state index contributed by atoms with van der Waals surface area (Å²) in [5, 5.41) is 3.23. The van der Waals surface area contributed by atoms with Gasteiger partial charge in [-0.05, 0) is 38.3 Å². The van der Waals surface area contributed by atoms with Crippen LogP contribution in [-0.2, 0) is 0 Å². The number of aromatic nitrogens is 1. The molecule has 0 aromatic carbocycles. The molecule has 0 fully saturated rings. The Balaban J connectivity index is 2.99. The Morgan fingerprint density at radius 3 is 2.60 bits per heavy atom. The smallest absolute Gasteiger partial charge is 0.257 e. The summed E-state index contributed by atoms with van der Waals surface area (Å²) in [5.41, 5.74) is 0.662. The van der Waals surface area contributed by atoms with E-state index in [4.69, 9.17) is 0 Å². The first-order valence-corrected chi connectivity index (χ1v) is 7.47. The number of carbonyl (C=O) groups is 1. The lowest BCUT2D eigenvalue weighted by molar-refractivity contribution is 0.0682. The van der Waals surface area contributed by atoms with Gasteiger partial charge in [0.25, 0.3) is 5.91 Å². The lowest BCUT2D eigenvalue weighted by Gasteiger charge is -2.29. The number of carbonyl (C=O) groups excluding carboxylic acids is 1. The van der Waals surface area contributed by atoms with Gasteiger partial charge in [0.15, 0.2) is 0 Å². The summed E-state index contributed by atoms with van der Waals surface area (Å²) in [6.07, 6.45) is 2.72. The van der Waals surface area contributed by atoms with Crippen LogP contribution in [0, 0.1) is 5.92 Å². The van der Waals surface area contributed by atoms with Crippen molar-refractivity contribution in [3.8, 4) is 0 Å². The van der Waals surface area contributed by atoms with E-state index < -0.39 is 0 Å². The van der Waals surface area contributed by atoms with Gasteiger partial charge in [-0.2, -0.15) is 0 Å². The maximum absolute atomic E-state index is 12.8. The van der Waals surface area contributed by atoms with Crippen LogP contribution in [0.4, 0.5) is 5.82 Å². The number of nitrogens with zero attached hydrogens (tertiary/aromatic N) is 2. The van der Waals surface area contributed by atoms with Crippen molar-refractivity contribution >= 4 is 11.7 Å². The third kappa shape index (κ3) is 4.51. The van der Waals surface area contributed by atoms with Crippen molar-refractivity contribution in [2.45, 2.75) is 47.1 Å². The molecule has 1 amide bonds. The second-order valence-corrected chi connectivity index (χ2v) is 5.77. The lowest BCUT2D eigenvalue weighted by atomic mass is 10.1. The molecule has 0 aliphatic rings. The molecule has 112 valence electrons. The molecule has 1 N–H and O–H groups in total. The maximum atomic E-state index is 12.8. The minimum atomic E-state index is 0.0559. The summed E-state index contributed by atoms with van der Waals surface area (Å²) in [6, 6.07) is 3.85. The second kappa shape index (κ2) is 7.88. The first kappa shape index (κ1) is 16.5. The number of hydrogen-bond donors (Lipinski definition) is 1. The highest BCUT2D eigenvalue weighted by Gasteiger charge is 2.22. The molecule has 0 bridgehead atoms. The average molecular weight is 277 g/mol. The molecular formula is C16H27N3O. The Morgan fingerprint density at radius 2 is 2.05 bits per heavy atom. The highest BCUT2D eigenvalue weighted by atomic mass is 16.2. The first-order valence-electron chi connectivity index (χ1n) is 7.47. The summed E-state index contributed by atoms with van der Waals surface area (Å²) in [7, 11) is 0. The van der Waals surface area contributed by atoms with E-state index in [-0.39, 0.29) is 11.9 Å². The van der Waals surface area contributed by atoms with Crippen LogP contribution in [0.2, 0.25) is 0 Å². The summed E-state index contributed by atoms with van der Waals surface area (Å²) in [4.78, 5) is 19.0. The van der Waals surface area contributed by atoms with Gasteiger partial charge in [0.05, 0.1) is 5.56 Å². The van der Waals surface area contributed by atoms with Gasteiger partial charge in [-0.1, -0.05) is 20.8 Å². The van der Waals surface area contributed by atoms with Gasteiger partial charge < -0.3 is 10.2 Å². The molecule has 1 aromatic rings. The molecule has 0 saturated heterocycles. The number of amides is 1. The average Bonchev–Trinajstić information content (AvgIpc) is 2.41. The van der Waals surface area contributed by atoms with E-state index in [1.807, 2.05) is 17.0 Å². The van der Waals surface area contributed by atoms with E-state index in [1.165, 1.54) is 0 Å². The Morgan fingerprint density at radius 1 is 1.35 bits per heavy atom. The molecule has 0 spiro atoms. The van der Waals surface area contributed by atoms with Gasteiger partial charge in [-0.25, -0.2) is 4.98 Å². The summed E-state index contributed by atoms with van der Waals surface area (Å²) in [5.74, 6) is 1.19. The van der Waals surface area contributed by atoms with Gasteiger partial charge >= 0.3 is 0 Å². The topological polar surface area (TPSA) is 45.2 Å². The van der Waals surface area contributed by atoms with Crippen molar-refractivity contribution in [2.75, 3.05) is 18.4 Å². The number of hydrogen-bond acceptors (Lipinski definition) is 3. The quantitative estimate of drug-likeness (QED) is 0.830. The van der Waals surface area contributed by atoms with E-state index in [2.05, 4.69) is 44.9 Å². The predicted octanol–water partition coefficient (Wildman–Crippen LogP) is 3.41. The van der Waals surface area contributed by atoms with E-state index >= 15 is 0 Å². The molecule has 0 aliphatic heterocycles. The Kier molecular flexibility index (Phi) is 6.49. The number of pyridine rings is 1. The van der Waals surface area contributed by atoms with Gasteiger partial charge in [0.2, 0.25) is 0 Å². The highest BCUT2D eigenvalue weighted by molar-refractivity contribution is 5.98. The van der Waals surface area contributed by atoms with Crippen LogP contribution in [0.5, 0.6) is 0 Å². The van der Waals surface area contributed by atoms with E-state index in [0.29, 0.717) is 17.3 Å². The number of anilines is 1. The fourth-order valence-corrected chi connectivity index (χ4v) is 2.04. The molecule has 0 atom stereocenters. The zero-order valence-corrected chi connectivity index (χ0v) is 13.3. The van der Waals surface area contributed by atoms with Crippen molar-refractivity contribution in [2.24, 2.45) is 5.92 Å². The van der Waals surface area contributed by atoms with E-state index in [1.54, 1.807) is 6.20 Å². The van der Waals surface area contributed by atoms with Crippen LogP contribution < -0.4 is 5.32 Å². The minimum absolute atomic E-state index is 0.0559. The maximum Gasteiger partial charge on any atom is 0.257 e. The normalized spacial score (nSPS) is 10.9. The van der Waals surface area contributed by atoms with Crippen molar-refractivity contribution in [3.05, 3.63) is 23.9 Å². The Labute approximate surface area is 122 Å². The molecule has 1 heterocycles. The van der Waals surface area contributed by atoms with Crippen LogP contribution in [0.15, 0.2) is 18.3 Å². The Bertz CT molecular complexity index is 429. The zero-order chi connectivity index (χ0) is 15.1. The van der Waals surface area contributed by atoms with Gasteiger partial charge in [-0.3, -0.25) is 4.79 Å². The molecule has 0 radical (unpaired) electrons. The standard InChI is InChI=1S/C16H27N3O/c1-6-9-17-15-14(8-7-10-18-15)16(20)19(13(4)5)11-12(2)3/h7-8,10,12-13H,6,9,11H2,1-5H3,(H,17,18). The van der Waals surface area contributed by atoms with E-state index in [0.717, 1.165) is 19.5 Å². The Hall–Kier alpha value is -1.58. The minimum Gasteiger partial charge on any atom is -0.369 e. The van der Waals surface area contributed by atoms with Crippen molar-refractivity contribution in [1.29, 1.82) is 0 Å². The molecule has 0 saturated carbocycles. The molecular weight excluding hydrogens is 250 g/mol. The zero-order valence-electron chi connectivity index (χ0n) is 13.3. The summed E-state index contributed by atoms with van der Waals surface area (Å²) in [6.45, 7) is 12.0. The summed E-state index contributed by atoms with van der Waals surface area (Å²) < 4.78 is 0. The fourth-order valence-electron chi connectivity index (χ4n) is 2.04. The van der Waals surface area contributed by atoms with Crippen molar-refractivity contribution in [3.63, 3.8) is 0 Å². The molecule has 1 rings (SSSR count).